The zero-order chi connectivity index (χ0) is 17.3. The predicted molar refractivity (Wildman–Crippen MR) is 87.6 cm³/mol. The minimum Gasteiger partial charge on any atom is -0.341 e. The van der Waals surface area contributed by atoms with Crippen LogP contribution in [0, 0.1) is 0 Å². The highest BCUT2D eigenvalue weighted by Gasteiger charge is 2.16. The molecule has 3 heterocycles. The summed E-state index contributed by atoms with van der Waals surface area (Å²) >= 11 is 0. The number of amides is 1. The second-order valence-electron chi connectivity index (χ2n) is 6.10. The van der Waals surface area contributed by atoms with E-state index in [0.717, 1.165) is 5.65 Å². The van der Waals surface area contributed by atoms with E-state index >= 15 is 0 Å². The first-order valence-electron chi connectivity index (χ1n) is 7.80. The lowest BCUT2D eigenvalue weighted by Crippen LogP contribution is -2.29. The van der Waals surface area contributed by atoms with E-state index < -0.39 is 0 Å². The van der Waals surface area contributed by atoms with Gasteiger partial charge in [0, 0.05) is 39.2 Å². The molecule has 0 radical (unpaired) electrons. The maximum atomic E-state index is 12.5. The van der Waals surface area contributed by atoms with Crippen LogP contribution in [0.5, 0.6) is 0 Å². The molecule has 0 aliphatic heterocycles. The highest BCUT2D eigenvalue weighted by molar-refractivity contribution is 5.96. The van der Waals surface area contributed by atoms with Crippen molar-refractivity contribution in [2.75, 3.05) is 13.6 Å². The Morgan fingerprint density at radius 1 is 1.38 bits per heavy atom. The van der Waals surface area contributed by atoms with Crippen molar-refractivity contribution in [2.45, 2.75) is 26.2 Å². The molecule has 0 aliphatic rings. The fourth-order valence-corrected chi connectivity index (χ4v) is 2.33. The number of hydrogen-bond acceptors (Lipinski definition) is 6. The SMILES string of the molecule is CC(C)c1nc(CCN(C)C(=O)c2cnc3c(c2)ncn3C)no1. The Balaban J connectivity index is 1.66. The predicted octanol–water partition coefficient (Wildman–Crippen LogP) is 1.79. The summed E-state index contributed by atoms with van der Waals surface area (Å²) in [4.78, 5) is 27.0. The summed E-state index contributed by atoms with van der Waals surface area (Å²) in [5.74, 6) is 1.31. The van der Waals surface area contributed by atoms with Crippen LogP contribution in [-0.2, 0) is 13.5 Å². The molecule has 8 heteroatoms. The summed E-state index contributed by atoms with van der Waals surface area (Å²) in [5, 5.41) is 3.94. The van der Waals surface area contributed by atoms with Gasteiger partial charge in [-0.1, -0.05) is 19.0 Å². The molecule has 0 spiro atoms. The van der Waals surface area contributed by atoms with Crippen molar-refractivity contribution in [1.29, 1.82) is 0 Å². The fraction of sp³-hybridized carbons (Fsp3) is 0.438. The first-order chi connectivity index (χ1) is 11.5. The normalized spacial score (nSPS) is 11.4. The number of imidazole rings is 1. The third-order valence-corrected chi connectivity index (χ3v) is 3.79. The van der Waals surface area contributed by atoms with Crippen LogP contribution in [0.3, 0.4) is 0 Å². The molecule has 24 heavy (non-hydrogen) atoms. The maximum Gasteiger partial charge on any atom is 0.255 e. The van der Waals surface area contributed by atoms with Crippen LogP contribution in [0.4, 0.5) is 0 Å². The number of fused-ring (bicyclic) bond motifs is 1. The van der Waals surface area contributed by atoms with Crippen molar-refractivity contribution < 1.29 is 9.32 Å². The Morgan fingerprint density at radius 2 is 2.17 bits per heavy atom. The first-order valence-corrected chi connectivity index (χ1v) is 7.80. The lowest BCUT2D eigenvalue weighted by atomic mass is 10.2. The Bertz CT molecular complexity index is 866. The van der Waals surface area contributed by atoms with Gasteiger partial charge in [-0.05, 0) is 6.07 Å². The van der Waals surface area contributed by atoms with Crippen molar-refractivity contribution >= 4 is 17.1 Å². The van der Waals surface area contributed by atoms with Crippen molar-refractivity contribution in [2.24, 2.45) is 7.05 Å². The average Bonchev–Trinajstić information content (AvgIpc) is 3.19. The Morgan fingerprint density at radius 3 is 2.88 bits per heavy atom. The van der Waals surface area contributed by atoms with Gasteiger partial charge in [0.25, 0.3) is 5.91 Å². The summed E-state index contributed by atoms with van der Waals surface area (Å²) in [6, 6.07) is 1.76. The first kappa shape index (κ1) is 16.1. The number of aryl methyl sites for hydroxylation is 1. The molecule has 0 bridgehead atoms. The highest BCUT2D eigenvalue weighted by atomic mass is 16.5. The van der Waals surface area contributed by atoms with Gasteiger partial charge in [0.05, 0.1) is 11.9 Å². The van der Waals surface area contributed by atoms with Crippen molar-refractivity contribution in [3.63, 3.8) is 0 Å². The molecule has 0 N–H and O–H groups in total. The Kier molecular flexibility index (Phi) is 4.28. The molecule has 8 nitrogen and oxygen atoms in total. The Hall–Kier alpha value is -2.77. The van der Waals surface area contributed by atoms with Crippen LogP contribution < -0.4 is 0 Å². The van der Waals surface area contributed by atoms with Crippen molar-refractivity contribution in [1.82, 2.24) is 29.6 Å². The van der Waals surface area contributed by atoms with Gasteiger partial charge in [0.2, 0.25) is 5.89 Å². The molecule has 3 aromatic heterocycles. The van der Waals surface area contributed by atoms with Gasteiger partial charge in [-0.15, -0.1) is 0 Å². The molecule has 0 fully saturated rings. The number of rotatable bonds is 5. The number of aromatic nitrogens is 5. The molecule has 0 unspecified atom stereocenters. The largest absolute Gasteiger partial charge is 0.341 e. The zero-order valence-electron chi connectivity index (χ0n) is 14.2. The Labute approximate surface area is 139 Å². The van der Waals surface area contributed by atoms with Crippen molar-refractivity contribution in [3.05, 3.63) is 35.9 Å². The van der Waals surface area contributed by atoms with Crippen LogP contribution >= 0.6 is 0 Å². The van der Waals surface area contributed by atoms with Crippen LogP contribution in [0.15, 0.2) is 23.1 Å². The topological polar surface area (TPSA) is 89.9 Å². The summed E-state index contributed by atoms with van der Waals surface area (Å²) in [7, 11) is 3.61. The highest BCUT2D eigenvalue weighted by Crippen LogP contribution is 2.13. The van der Waals surface area contributed by atoms with Gasteiger partial charge in [-0.2, -0.15) is 4.98 Å². The standard InChI is InChI=1S/C16H20N6O2/c1-10(2)15-19-13(20-24-15)5-6-21(3)16(23)11-7-12-14(17-8-11)22(4)9-18-12/h7-10H,5-6H2,1-4H3. The monoisotopic (exact) mass is 328 g/mol. The van der Waals surface area contributed by atoms with Gasteiger partial charge in [-0.3, -0.25) is 4.79 Å². The third-order valence-electron chi connectivity index (χ3n) is 3.79. The summed E-state index contributed by atoms with van der Waals surface area (Å²) in [6.07, 6.45) is 3.80. The molecule has 0 aromatic carbocycles. The smallest absolute Gasteiger partial charge is 0.255 e. The zero-order valence-corrected chi connectivity index (χ0v) is 14.2. The van der Waals surface area contributed by atoms with E-state index in [1.165, 1.54) is 0 Å². The van der Waals surface area contributed by atoms with E-state index in [4.69, 9.17) is 4.52 Å². The number of nitrogens with zero attached hydrogens (tertiary/aromatic N) is 6. The summed E-state index contributed by atoms with van der Waals surface area (Å²) in [5.41, 5.74) is 1.97. The molecule has 0 saturated heterocycles. The molecule has 3 aromatic rings. The van der Waals surface area contributed by atoms with E-state index in [0.29, 0.717) is 35.8 Å². The van der Waals surface area contributed by atoms with E-state index in [2.05, 4.69) is 20.1 Å². The van der Waals surface area contributed by atoms with E-state index in [1.54, 1.807) is 30.5 Å². The molecule has 0 saturated carbocycles. The molecular weight excluding hydrogens is 308 g/mol. The van der Waals surface area contributed by atoms with Gasteiger partial charge in [0.15, 0.2) is 11.5 Å². The molecule has 3 rings (SSSR count). The number of carbonyl (C=O) groups is 1. The fourth-order valence-electron chi connectivity index (χ4n) is 2.33. The van der Waals surface area contributed by atoms with Crippen LogP contribution in [0.2, 0.25) is 0 Å². The number of carbonyl (C=O) groups excluding carboxylic acids is 1. The van der Waals surface area contributed by atoms with Gasteiger partial charge >= 0.3 is 0 Å². The summed E-state index contributed by atoms with van der Waals surface area (Å²) < 4.78 is 6.98. The maximum absolute atomic E-state index is 12.5. The van der Waals surface area contributed by atoms with Crippen LogP contribution in [0.1, 0.15) is 41.8 Å². The minimum absolute atomic E-state index is 0.109. The molecular formula is C16H20N6O2. The number of hydrogen-bond donors (Lipinski definition) is 0. The average molecular weight is 328 g/mol. The van der Waals surface area contributed by atoms with Gasteiger partial charge < -0.3 is 14.0 Å². The molecule has 0 aliphatic carbocycles. The lowest BCUT2D eigenvalue weighted by Gasteiger charge is -2.15. The molecule has 126 valence electrons. The number of likely N-dealkylation sites (N-methyl/N-ethyl adjacent to an activating group) is 1. The van der Waals surface area contributed by atoms with Crippen molar-refractivity contribution in [3.8, 4) is 0 Å². The van der Waals surface area contributed by atoms with E-state index in [1.807, 2.05) is 25.5 Å². The van der Waals surface area contributed by atoms with Crippen LogP contribution in [0.25, 0.3) is 11.2 Å². The van der Waals surface area contributed by atoms with Gasteiger partial charge in [0.1, 0.15) is 5.52 Å². The second-order valence-corrected chi connectivity index (χ2v) is 6.10. The molecule has 0 atom stereocenters. The van der Waals surface area contributed by atoms with Gasteiger partial charge in [-0.25, -0.2) is 9.97 Å². The lowest BCUT2D eigenvalue weighted by molar-refractivity contribution is 0.0795. The quantitative estimate of drug-likeness (QED) is 0.709. The second kappa shape index (κ2) is 6.38. The molecule has 1 amide bonds. The number of pyridine rings is 1. The minimum atomic E-state index is -0.109. The van der Waals surface area contributed by atoms with E-state index in [-0.39, 0.29) is 11.8 Å². The summed E-state index contributed by atoms with van der Waals surface area (Å²) in [6.45, 7) is 4.48. The third kappa shape index (κ3) is 3.12. The van der Waals surface area contributed by atoms with E-state index in [9.17, 15) is 4.79 Å². The van der Waals surface area contributed by atoms with Crippen LogP contribution in [-0.4, -0.2) is 49.1 Å².